The van der Waals surface area contributed by atoms with Crippen LogP contribution in [0.1, 0.15) is 41.3 Å². The molecule has 7 nitrogen and oxygen atoms in total. The predicted molar refractivity (Wildman–Crippen MR) is 115 cm³/mol. The van der Waals surface area contributed by atoms with Crippen molar-refractivity contribution in [3.05, 3.63) is 65.2 Å². The number of hydrogen-bond acceptors (Lipinski definition) is 5. The standard InChI is InChI=1S/C21H25N3O4S/c1-14(2)16-10-8-15(9-11-16)12-28-13-19(25)23-24-21(29)22-20(26)17-6-4-5-7-18(17)27-3/h4-11,14H,12-13H2,1-3H3,(H,23,25)(H2,22,24,26,29). The summed E-state index contributed by atoms with van der Waals surface area (Å²) in [7, 11) is 1.47. The Morgan fingerprint density at radius 2 is 1.72 bits per heavy atom. The van der Waals surface area contributed by atoms with E-state index in [0.717, 1.165) is 5.56 Å². The van der Waals surface area contributed by atoms with Gasteiger partial charge >= 0.3 is 0 Å². The van der Waals surface area contributed by atoms with Crippen molar-refractivity contribution in [2.24, 2.45) is 0 Å². The van der Waals surface area contributed by atoms with Crippen LogP contribution >= 0.6 is 12.2 Å². The minimum Gasteiger partial charge on any atom is -0.496 e. The molecule has 0 fully saturated rings. The van der Waals surface area contributed by atoms with Gasteiger partial charge in [-0.2, -0.15) is 0 Å². The average Bonchev–Trinajstić information content (AvgIpc) is 2.72. The zero-order valence-electron chi connectivity index (χ0n) is 16.7. The number of carbonyl (C=O) groups excluding carboxylic acids is 2. The third-order valence-corrected chi connectivity index (χ3v) is 4.25. The van der Waals surface area contributed by atoms with E-state index in [4.69, 9.17) is 21.7 Å². The number of ether oxygens (including phenoxy) is 2. The van der Waals surface area contributed by atoms with E-state index in [1.54, 1.807) is 24.3 Å². The Labute approximate surface area is 175 Å². The summed E-state index contributed by atoms with van der Waals surface area (Å²) >= 11 is 5.01. The van der Waals surface area contributed by atoms with Crippen LogP contribution in [-0.4, -0.2) is 30.6 Å². The molecule has 0 radical (unpaired) electrons. The van der Waals surface area contributed by atoms with Gasteiger partial charge in [-0.25, -0.2) is 0 Å². The highest BCUT2D eigenvalue weighted by Gasteiger charge is 2.13. The molecule has 2 aromatic rings. The SMILES string of the molecule is COc1ccccc1C(=O)NC(=S)NNC(=O)COCc1ccc(C(C)C)cc1. The number of rotatable bonds is 7. The molecule has 2 aromatic carbocycles. The Balaban J connectivity index is 1.70. The van der Waals surface area contributed by atoms with Crippen molar-refractivity contribution in [2.75, 3.05) is 13.7 Å². The first kappa shape index (κ1) is 22.3. The molecule has 0 spiro atoms. The van der Waals surface area contributed by atoms with Gasteiger partial charge in [-0.05, 0) is 41.4 Å². The second-order valence-electron chi connectivity index (χ2n) is 6.55. The van der Waals surface area contributed by atoms with Gasteiger partial charge in [-0.1, -0.05) is 50.2 Å². The smallest absolute Gasteiger partial charge is 0.264 e. The van der Waals surface area contributed by atoms with Crippen LogP contribution in [0.15, 0.2) is 48.5 Å². The predicted octanol–water partition coefficient (Wildman–Crippen LogP) is 2.67. The van der Waals surface area contributed by atoms with Gasteiger partial charge in [-0.15, -0.1) is 0 Å². The number of nitrogens with one attached hydrogen (secondary N) is 3. The molecular weight excluding hydrogens is 390 g/mol. The minimum atomic E-state index is -0.449. The Morgan fingerprint density at radius 1 is 1.03 bits per heavy atom. The molecule has 2 rings (SSSR count). The summed E-state index contributed by atoms with van der Waals surface area (Å²) in [6.45, 7) is 4.43. The highest BCUT2D eigenvalue weighted by Crippen LogP contribution is 2.17. The van der Waals surface area contributed by atoms with Crippen LogP contribution in [0.25, 0.3) is 0 Å². The van der Waals surface area contributed by atoms with Crippen LogP contribution in [0.2, 0.25) is 0 Å². The van der Waals surface area contributed by atoms with Gasteiger partial charge < -0.3 is 9.47 Å². The second-order valence-corrected chi connectivity index (χ2v) is 6.95. The van der Waals surface area contributed by atoms with Crippen LogP contribution in [0.3, 0.4) is 0 Å². The van der Waals surface area contributed by atoms with E-state index in [2.05, 4.69) is 30.0 Å². The first-order valence-corrected chi connectivity index (χ1v) is 9.51. The van der Waals surface area contributed by atoms with E-state index in [1.807, 2.05) is 24.3 Å². The van der Waals surface area contributed by atoms with Crippen molar-refractivity contribution < 1.29 is 19.1 Å². The van der Waals surface area contributed by atoms with Crippen LogP contribution in [-0.2, 0) is 16.1 Å². The van der Waals surface area contributed by atoms with Gasteiger partial charge in [0, 0.05) is 0 Å². The van der Waals surface area contributed by atoms with Crippen molar-refractivity contribution >= 4 is 29.1 Å². The first-order chi connectivity index (χ1) is 13.9. The molecule has 0 bridgehead atoms. The van der Waals surface area contributed by atoms with Crippen molar-refractivity contribution in [1.82, 2.24) is 16.2 Å². The summed E-state index contributed by atoms with van der Waals surface area (Å²) in [5, 5.41) is 2.43. The summed E-state index contributed by atoms with van der Waals surface area (Å²) in [4.78, 5) is 24.1. The molecule has 154 valence electrons. The second kappa shape index (κ2) is 11.1. The molecule has 0 atom stereocenters. The summed E-state index contributed by atoms with van der Waals surface area (Å²) in [6, 6.07) is 14.8. The molecule has 3 N–H and O–H groups in total. The van der Waals surface area contributed by atoms with Crippen molar-refractivity contribution in [3.63, 3.8) is 0 Å². The Kier molecular flexibility index (Phi) is 8.57. The molecule has 2 amide bonds. The van der Waals surface area contributed by atoms with Crippen LogP contribution in [0.4, 0.5) is 0 Å². The largest absolute Gasteiger partial charge is 0.496 e. The highest BCUT2D eigenvalue weighted by molar-refractivity contribution is 7.80. The maximum absolute atomic E-state index is 12.2. The Morgan fingerprint density at radius 3 is 2.38 bits per heavy atom. The van der Waals surface area contributed by atoms with Gasteiger partial charge in [0.2, 0.25) is 0 Å². The monoisotopic (exact) mass is 415 g/mol. The lowest BCUT2D eigenvalue weighted by molar-refractivity contribution is -0.126. The van der Waals surface area contributed by atoms with Crippen LogP contribution in [0.5, 0.6) is 5.75 Å². The highest BCUT2D eigenvalue weighted by atomic mass is 32.1. The van der Waals surface area contributed by atoms with E-state index in [-0.39, 0.29) is 11.7 Å². The Hall–Kier alpha value is -2.97. The molecule has 0 heterocycles. The first-order valence-electron chi connectivity index (χ1n) is 9.10. The van der Waals surface area contributed by atoms with E-state index in [0.29, 0.717) is 23.8 Å². The quantitative estimate of drug-likeness (QED) is 0.476. The van der Waals surface area contributed by atoms with Gasteiger partial charge in [-0.3, -0.25) is 25.8 Å². The molecule has 29 heavy (non-hydrogen) atoms. The van der Waals surface area contributed by atoms with Gasteiger partial charge in [0.05, 0.1) is 19.3 Å². The number of para-hydroxylation sites is 1. The normalized spacial score (nSPS) is 10.3. The lowest BCUT2D eigenvalue weighted by atomic mass is 10.0. The lowest BCUT2D eigenvalue weighted by Crippen LogP contribution is -2.49. The van der Waals surface area contributed by atoms with Gasteiger partial charge in [0.1, 0.15) is 12.4 Å². The zero-order valence-corrected chi connectivity index (χ0v) is 17.5. The topological polar surface area (TPSA) is 88.7 Å². The van der Waals surface area contributed by atoms with Crippen molar-refractivity contribution in [1.29, 1.82) is 0 Å². The number of hydrazine groups is 1. The fraction of sp³-hybridized carbons (Fsp3) is 0.286. The fourth-order valence-electron chi connectivity index (χ4n) is 2.46. The van der Waals surface area contributed by atoms with E-state index in [9.17, 15) is 9.59 Å². The van der Waals surface area contributed by atoms with Crippen LogP contribution in [0, 0.1) is 0 Å². The molecule has 0 aromatic heterocycles. The number of benzene rings is 2. The number of carbonyl (C=O) groups is 2. The third kappa shape index (κ3) is 7.17. The molecule has 8 heteroatoms. The molecule has 0 saturated heterocycles. The number of hydrogen-bond donors (Lipinski definition) is 3. The molecular formula is C21H25N3O4S. The number of methoxy groups -OCH3 is 1. The zero-order chi connectivity index (χ0) is 21.2. The fourth-order valence-corrected chi connectivity index (χ4v) is 2.60. The summed E-state index contributed by atoms with van der Waals surface area (Å²) in [5.41, 5.74) is 7.41. The van der Waals surface area contributed by atoms with Gasteiger partial charge in [0.15, 0.2) is 5.11 Å². The minimum absolute atomic E-state index is 0.0430. The summed E-state index contributed by atoms with van der Waals surface area (Å²) in [6.07, 6.45) is 0. The van der Waals surface area contributed by atoms with Crippen molar-refractivity contribution in [2.45, 2.75) is 26.4 Å². The Bertz CT molecular complexity index is 853. The molecule has 0 unspecified atom stereocenters. The molecule has 0 aliphatic carbocycles. The number of amides is 2. The van der Waals surface area contributed by atoms with E-state index in [1.165, 1.54) is 12.7 Å². The number of thiocarbonyl (C=S) groups is 1. The summed E-state index contributed by atoms with van der Waals surface area (Å²) < 4.78 is 10.5. The molecule has 0 saturated carbocycles. The molecule has 0 aliphatic rings. The lowest BCUT2D eigenvalue weighted by Gasteiger charge is -2.12. The van der Waals surface area contributed by atoms with Gasteiger partial charge in [0.25, 0.3) is 11.8 Å². The van der Waals surface area contributed by atoms with Crippen molar-refractivity contribution in [3.8, 4) is 5.75 Å². The maximum atomic E-state index is 12.2. The van der Waals surface area contributed by atoms with Crippen LogP contribution < -0.4 is 20.9 Å². The van der Waals surface area contributed by atoms with E-state index >= 15 is 0 Å². The van der Waals surface area contributed by atoms with E-state index < -0.39 is 11.8 Å². The summed E-state index contributed by atoms with van der Waals surface area (Å²) in [5.74, 6) is 0.0220. The third-order valence-electron chi connectivity index (χ3n) is 4.04. The molecule has 0 aliphatic heterocycles. The average molecular weight is 416 g/mol. The maximum Gasteiger partial charge on any atom is 0.264 e.